The highest BCUT2D eigenvalue weighted by Crippen LogP contribution is 2.32. The number of halogens is 3. The molecular weight excluding hydrogens is 306 g/mol. The van der Waals surface area contributed by atoms with Crippen LogP contribution in [-0.2, 0) is 4.79 Å². The van der Waals surface area contributed by atoms with Crippen molar-refractivity contribution in [1.82, 2.24) is 5.32 Å². The van der Waals surface area contributed by atoms with Crippen molar-refractivity contribution < 1.29 is 13.6 Å². The molecule has 1 aliphatic heterocycles. The van der Waals surface area contributed by atoms with Crippen LogP contribution in [0.3, 0.4) is 0 Å². The van der Waals surface area contributed by atoms with E-state index in [0.29, 0.717) is 28.9 Å². The average molecular weight is 323 g/mol. The van der Waals surface area contributed by atoms with Crippen LogP contribution in [0.4, 0.5) is 14.5 Å². The van der Waals surface area contributed by atoms with Crippen molar-refractivity contribution >= 4 is 35.8 Å². The summed E-state index contributed by atoms with van der Waals surface area (Å²) in [7, 11) is 0. The number of amides is 1. The predicted molar refractivity (Wildman–Crippen MR) is 79.8 cm³/mol. The number of carbonyl (C=O) groups excluding carboxylic acids is 1. The molecule has 1 saturated heterocycles. The molecule has 1 amide bonds. The van der Waals surface area contributed by atoms with Crippen LogP contribution < -0.4 is 10.6 Å². The first-order valence-corrected chi connectivity index (χ1v) is 7.10. The van der Waals surface area contributed by atoms with Crippen molar-refractivity contribution in [3.8, 4) is 0 Å². The first kappa shape index (κ1) is 17.2. The minimum atomic E-state index is -2.49. The number of hydrogen-bond acceptors (Lipinski definition) is 3. The summed E-state index contributed by atoms with van der Waals surface area (Å²) in [6.45, 7) is 1.58. The van der Waals surface area contributed by atoms with E-state index in [9.17, 15) is 13.6 Å². The van der Waals surface area contributed by atoms with E-state index in [0.717, 1.165) is 19.4 Å². The lowest BCUT2D eigenvalue weighted by Gasteiger charge is -2.22. The van der Waals surface area contributed by atoms with Crippen LogP contribution in [0.2, 0.25) is 0 Å². The molecule has 1 aromatic rings. The molecule has 1 unspecified atom stereocenters. The van der Waals surface area contributed by atoms with Crippen molar-refractivity contribution in [2.75, 3.05) is 18.4 Å². The summed E-state index contributed by atoms with van der Waals surface area (Å²) in [6.07, 6.45) is 1.80. The quantitative estimate of drug-likeness (QED) is 0.835. The second kappa shape index (κ2) is 8.44. The van der Waals surface area contributed by atoms with Crippen molar-refractivity contribution in [1.29, 1.82) is 0 Å². The number of thioether (sulfide) groups is 1. The van der Waals surface area contributed by atoms with Gasteiger partial charge < -0.3 is 10.6 Å². The van der Waals surface area contributed by atoms with Gasteiger partial charge in [0.05, 0.1) is 11.6 Å². The zero-order valence-electron chi connectivity index (χ0n) is 10.8. The van der Waals surface area contributed by atoms with E-state index in [4.69, 9.17) is 0 Å². The Labute approximate surface area is 127 Å². The maximum absolute atomic E-state index is 12.4. The molecule has 3 nitrogen and oxygen atoms in total. The third-order valence-corrected chi connectivity index (χ3v) is 3.82. The monoisotopic (exact) mass is 322 g/mol. The van der Waals surface area contributed by atoms with Gasteiger partial charge in [-0.3, -0.25) is 4.79 Å². The molecule has 0 spiro atoms. The molecule has 0 aliphatic carbocycles. The van der Waals surface area contributed by atoms with Crippen molar-refractivity contribution in [3.05, 3.63) is 24.3 Å². The second-order valence-electron chi connectivity index (χ2n) is 4.41. The predicted octanol–water partition coefficient (Wildman–Crippen LogP) is 3.36. The number of carbonyl (C=O) groups is 1. The van der Waals surface area contributed by atoms with Crippen molar-refractivity contribution in [2.24, 2.45) is 5.92 Å². The maximum Gasteiger partial charge on any atom is 0.288 e. The van der Waals surface area contributed by atoms with Gasteiger partial charge in [-0.2, -0.15) is 8.78 Å². The Morgan fingerprint density at radius 3 is 2.80 bits per heavy atom. The summed E-state index contributed by atoms with van der Waals surface area (Å²) in [6, 6.07) is 6.65. The Kier molecular flexibility index (Phi) is 7.26. The van der Waals surface area contributed by atoms with Crippen LogP contribution in [0.15, 0.2) is 29.2 Å². The first-order valence-electron chi connectivity index (χ1n) is 6.22. The molecule has 1 heterocycles. The first-order chi connectivity index (χ1) is 9.16. The van der Waals surface area contributed by atoms with Gasteiger partial charge in [-0.15, -0.1) is 12.4 Å². The van der Waals surface area contributed by atoms with Crippen LogP contribution in [-0.4, -0.2) is 24.8 Å². The zero-order valence-corrected chi connectivity index (χ0v) is 12.4. The number of anilines is 1. The van der Waals surface area contributed by atoms with E-state index < -0.39 is 5.76 Å². The van der Waals surface area contributed by atoms with E-state index in [-0.39, 0.29) is 24.2 Å². The number of nitrogens with one attached hydrogen (secondary N) is 2. The Bertz CT molecular complexity index is 442. The molecule has 0 aromatic heterocycles. The van der Waals surface area contributed by atoms with Gasteiger partial charge >= 0.3 is 0 Å². The van der Waals surface area contributed by atoms with E-state index in [1.165, 1.54) is 0 Å². The minimum absolute atomic E-state index is 0. The van der Waals surface area contributed by atoms with Gasteiger partial charge in [0.25, 0.3) is 5.76 Å². The molecule has 7 heteroatoms. The van der Waals surface area contributed by atoms with Crippen LogP contribution in [0.25, 0.3) is 0 Å². The standard InChI is InChI=1S/C13H16F2N2OS.ClH/c14-13(15)19-11-6-2-1-5-10(11)17-12(18)9-4-3-7-16-8-9;/h1-2,5-6,9,13,16H,3-4,7-8H2,(H,17,18);1H. The summed E-state index contributed by atoms with van der Waals surface area (Å²) in [5.74, 6) is -2.68. The highest BCUT2D eigenvalue weighted by atomic mass is 35.5. The van der Waals surface area contributed by atoms with Gasteiger partial charge in [-0.1, -0.05) is 23.9 Å². The molecule has 0 bridgehead atoms. The van der Waals surface area contributed by atoms with Crippen molar-refractivity contribution in [3.63, 3.8) is 0 Å². The molecule has 20 heavy (non-hydrogen) atoms. The Balaban J connectivity index is 0.00000200. The molecule has 1 aliphatic rings. The molecular formula is C13H17ClF2N2OS. The van der Waals surface area contributed by atoms with Crippen LogP contribution in [0, 0.1) is 5.92 Å². The number of para-hydroxylation sites is 1. The number of rotatable bonds is 4. The second-order valence-corrected chi connectivity index (χ2v) is 5.44. The SMILES string of the molecule is Cl.O=C(Nc1ccccc1SC(F)F)C1CCCNC1. The Morgan fingerprint density at radius 2 is 2.15 bits per heavy atom. The van der Waals surface area contributed by atoms with Gasteiger partial charge in [-0.05, 0) is 31.5 Å². The molecule has 2 rings (SSSR count). The molecule has 112 valence electrons. The Morgan fingerprint density at radius 1 is 1.40 bits per heavy atom. The smallest absolute Gasteiger partial charge is 0.288 e. The fourth-order valence-electron chi connectivity index (χ4n) is 2.08. The fraction of sp³-hybridized carbons (Fsp3) is 0.462. The lowest BCUT2D eigenvalue weighted by Crippen LogP contribution is -2.37. The molecule has 2 N–H and O–H groups in total. The summed E-state index contributed by atoms with van der Waals surface area (Å²) in [4.78, 5) is 12.5. The average Bonchev–Trinajstić information content (AvgIpc) is 2.41. The lowest BCUT2D eigenvalue weighted by molar-refractivity contribution is -0.120. The number of hydrogen-bond donors (Lipinski definition) is 2. The van der Waals surface area contributed by atoms with E-state index in [2.05, 4.69) is 10.6 Å². The zero-order chi connectivity index (χ0) is 13.7. The third kappa shape index (κ3) is 4.92. The lowest BCUT2D eigenvalue weighted by atomic mass is 9.99. The molecule has 0 saturated carbocycles. The normalized spacial score (nSPS) is 18.4. The molecule has 1 fully saturated rings. The molecule has 1 atom stereocenters. The third-order valence-electron chi connectivity index (χ3n) is 3.03. The van der Waals surface area contributed by atoms with Gasteiger partial charge in [0.2, 0.25) is 5.91 Å². The van der Waals surface area contributed by atoms with E-state index >= 15 is 0 Å². The fourth-order valence-corrected chi connectivity index (χ4v) is 2.67. The Hall–Kier alpha value is -0.850. The van der Waals surface area contributed by atoms with Crippen molar-refractivity contribution in [2.45, 2.75) is 23.5 Å². The number of piperidine rings is 1. The molecule has 1 aromatic carbocycles. The van der Waals surface area contributed by atoms with Crippen LogP contribution in [0.1, 0.15) is 12.8 Å². The number of alkyl halides is 2. The molecule has 0 radical (unpaired) electrons. The van der Waals surface area contributed by atoms with E-state index in [1.807, 2.05) is 0 Å². The van der Waals surface area contributed by atoms with E-state index in [1.54, 1.807) is 24.3 Å². The summed E-state index contributed by atoms with van der Waals surface area (Å²) >= 11 is 0.450. The minimum Gasteiger partial charge on any atom is -0.325 e. The topological polar surface area (TPSA) is 41.1 Å². The van der Waals surface area contributed by atoms with Crippen LogP contribution in [0.5, 0.6) is 0 Å². The number of benzene rings is 1. The largest absolute Gasteiger partial charge is 0.325 e. The van der Waals surface area contributed by atoms with Gasteiger partial charge in [0, 0.05) is 11.4 Å². The summed E-state index contributed by atoms with van der Waals surface area (Å²) in [5.41, 5.74) is 0.461. The van der Waals surface area contributed by atoms with Gasteiger partial charge in [0.15, 0.2) is 0 Å². The highest BCUT2D eigenvalue weighted by Gasteiger charge is 2.21. The van der Waals surface area contributed by atoms with Gasteiger partial charge in [-0.25, -0.2) is 0 Å². The maximum atomic E-state index is 12.4. The highest BCUT2D eigenvalue weighted by molar-refractivity contribution is 7.99. The van der Waals surface area contributed by atoms with Gasteiger partial charge in [0.1, 0.15) is 0 Å². The van der Waals surface area contributed by atoms with Crippen LogP contribution >= 0.6 is 24.2 Å². The summed E-state index contributed by atoms with van der Waals surface area (Å²) < 4.78 is 24.9. The summed E-state index contributed by atoms with van der Waals surface area (Å²) in [5, 5.41) is 5.91.